The molecule has 0 heterocycles. The second kappa shape index (κ2) is 12.8. The van der Waals surface area contributed by atoms with E-state index in [-0.39, 0.29) is 5.60 Å². The van der Waals surface area contributed by atoms with Crippen molar-refractivity contribution in [3.05, 3.63) is 35.9 Å². The van der Waals surface area contributed by atoms with E-state index in [1.165, 1.54) is 5.56 Å². The SMILES string of the molecule is CC(C)(C)OCc1ccccc1.CCO[SiH](OCC)OCC. The molecule has 5 heteroatoms. The lowest BCUT2D eigenvalue weighted by Crippen LogP contribution is -2.27. The quantitative estimate of drug-likeness (QED) is 0.680. The molecule has 4 nitrogen and oxygen atoms in total. The summed E-state index contributed by atoms with van der Waals surface area (Å²) in [5.74, 6) is 0. The summed E-state index contributed by atoms with van der Waals surface area (Å²) in [6.07, 6.45) is 0. The number of hydrogen-bond donors (Lipinski definition) is 0. The molecule has 0 aliphatic heterocycles. The Morgan fingerprint density at radius 2 is 1.27 bits per heavy atom. The molecular weight excluding hydrogens is 296 g/mol. The van der Waals surface area contributed by atoms with Crippen molar-refractivity contribution in [2.75, 3.05) is 19.8 Å². The molecule has 0 spiro atoms. The molecule has 0 unspecified atom stereocenters. The highest BCUT2D eigenvalue weighted by Gasteiger charge is 2.11. The van der Waals surface area contributed by atoms with Gasteiger partial charge in [-0.25, -0.2) is 0 Å². The summed E-state index contributed by atoms with van der Waals surface area (Å²) in [5, 5.41) is 0. The van der Waals surface area contributed by atoms with Crippen LogP contribution in [0, 0.1) is 0 Å². The van der Waals surface area contributed by atoms with Gasteiger partial charge in [0.1, 0.15) is 0 Å². The fraction of sp³-hybridized carbons (Fsp3) is 0.647. The molecule has 0 aromatic heterocycles. The maximum atomic E-state index is 5.62. The lowest BCUT2D eigenvalue weighted by molar-refractivity contribution is -0.0149. The normalized spacial score (nSPS) is 11.2. The van der Waals surface area contributed by atoms with Crippen LogP contribution in [0.4, 0.5) is 0 Å². The average molecular weight is 329 g/mol. The molecule has 1 aromatic rings. The van der Waals surface area contributed by atoms with Gasteiger partial charge in [0.25, 0.3) is 0 Å². The van der Waals surface area contributed by atoms with Crippen LogP contribution in [0.3, 0.4) is 0 Å². The third-order valence-corrected chi connectivity index (χ3v) is 4.24. The van der Waals surface area contributed by atoms with Crippen molar-refractivity contribution >= 4 is 9.53 Å². The van der Waals surface area contributed by atoms with Crippen molar-refractivity contribution < 1.29 is 18.0 Å². The Bertz CT molecular complexity index is 337. The molecule has 1 aromatic carbocycles. The van der Waals surface area contributed by atoms with Crippen LogP contribution in [0.15, 0.2) is 30.3 Å². The van der Waals surface area contributed by atoms with Crippen LogP contribution in [0.25, 0.3) is 0 Å². The summed E-state index contributed by atoms with van der Waals surface area (Å²) in [6.45, 7) is 14.8. The Balaban J connectivity index is 0.000000409. The minimum absolute atomic E-state index is 0.0458. The number of hydrogen-bond acceptors (Lipinski definition) is 4. The second-order valence-corrected chi connectivity index (χ2v) is 7.12. The van der Waals surface area contributed by atoms with E-state index in [2.05, 4.69) is 32.9 Å². The van der Waals surface area contributed by atoms with Crippen molar-refractivity contribution in [1.29, 1.82) is 0 Å². The van der Waals surface area contributed by atoms with Gasteiger partial charge in [-0.2, -0.15) is 0 Å². The van der Waals surface area contributed by atoms with Gasteiger partial charge in [-0.1, -0.05) is 30.3 Å². The molecule has 22 heavy (non-hydrogen) atoms. The largest absolute Gasteiger partial charge is 0.484 e. The molecule has 0 radical (unpaired) electrons. The summed E-state index contributed by atoms with van der Waals surface area (Å²) < 4.78 is 21.3. The molecule has 0 fully saturated rings. The van der Waals surface area contributed by atoms with Crippen LogP contribution in [-0.4, -0.2) is 34.9 Å². The molecule has 0 amide bonds. The van der Waals surface area contributed by atoms with Crippen LogP contribution >= 0.6 is 0 Å². The Kier molecular flexibility index (Phi) is 12.4. The van der Waals surface area contributed by atoms with Gasteiger partial charge in [-0.15, -0.1) is 0 Å². The lowest BCUT2D eigenvalue weighted by Gasteiger charge is -2.19. The third-order valence-electron chi connectivity index (χ3n) is 2.42. The first kappa shape index (κ1) is 21.3. The van der Waals surface area contributed by atoms with Crippen LogP contribution in [0.1, 0.15) is 47.1 Å². The zero-order valence-electron chi connectivity index (χ0n) is 14.9. The average Bonchev–Trinajstić information content (AvgIpc) is 2.47. The molecule has 0 aliphatic carbocycles. The first-order valence-corrected chi connectivity index (χ1v) is 9.37. The summed E-state index contributed by atoms with van der Waals surface area (Å²) in [4.78, 5) is 0. The van der Waals surface area contributed by atoms with E-state index in [9.17, 15) is 0 Å². The Morgan fingerprint density at radius 3 is 1.64 bits per heavy atom. The van der Waals surface area contributed by atoms with Gasteiger partial charge < -0.3 is 18.0 Å². The zero-order chi connectivity index (χ0) is 16.8. The molecule has 0 saturated carbocycles. The predicted molar refractivity (Wildman–Crippen MR) is 93.0 cm³/mol. The van der Waals surface area contributed by atoms with E-state index in [4.69, 9.17) is 18.0 Å². The van der Waals surface area contributed by atoms with Crippen LogP contribution in [0.2, 0.25) is 0 Å². The van der Waals surface area contributed by atoms with Gasteiger partial charge >= 0.3 is 9.53 Å². The van der Waals surface area contributed by atoms with Crippen LogP contribution in [-0.2, 0) is 24.6 Å². The third kappa shape index (κ3) is 13.0. The van der Waals surface area contributed by atoms with E-state index in [1.54, 1.807) is 0 Å². The van der Waals surface area contributed by atoms with E-state index in [0.717, 1.165) is 0 Å². The second-order valence-electron chi connectivity index (χ2n) is 5.54. The van der Waals surface area contributed by atoms with Gasteiger partial charge in [0.15, 0.2) is 0 Å². The Labute approximate surface area is 137 Å². The summed E-state index contributed by atoms with van der Waals surface area (Å²) >= 11 is 0. The van der Waals surface area contributed by atoms with Crippen molar-refractivity contribution in [2.24, 2.45) is 0 Å². The van der Waals surface area contributed by atoms with Gasteiger partial charge in [0, 0.05) is 19.8 Å². The molecule has 0 N–H and O–H groups in total. The molecule has 0 bridgehead atoms. The first-order valence-electron chi connectivity index (χ1n) is 7.95. The smallest absolute Gasteiger partial charge is 0.376 e. The predicted octanol–water partition coefficient (Wildman–Crippen LogP) is 3.81. The summed E-state index contributed by atoms with van der Waals surface area (Å²) in [5.41, 5.74) is 1.18. The summed E-state index contributed by atoms with van der Waals surface area (Å²) in [7, 11) is -1.73. The molecule has 0 atom stereocenters. The Hall–Kier alpha value is -0.723. The van der Waals surface area contributed by atoms with Gasteiger partial charge in [0.2, 0.25) is 0 Å². The van der Waals surface area contributed by atoms with Crippen molar-refractivity contribution in [1.82, 2.24) is 0 Å². The minimum Gasteiger partial charge on any atom is -0.376 e. The van der Waals surface area contributed by atoms with E-state index < -0.39 is 9.53 Å². The van der Waals surface area contributed by atoms with E-state index in [0.29, 0.717) is 26.4 Å². The van der Waals surface area contributed by atoms with E-state index >= 15 is 0 Å². The van der Waals surface area contributed by atoms with E-state index in [1.807, 2.05) is 39.0 Å². The highest BCUT2D eigenvalue weighted by atomic mass is 28.3. The molecular formula is C17H32O4Si. The maximum absolute atomic E-state index is 5.62. The van der Waals surface area contributed by atoms with Crippen LogP contribution < -0.4 is 0 Å². The molecule has 1 rings (SSSR count). The fourth-order valence-electron chi connectivity index (χ4n) is 1.43. The fourth-order valence-corrected chi connectivity index (χ4v) is 2.53. The number of benzene rings is 1. The highest BCUT2D eigenvalue weighted by molar-refractivity contribution is 6.36. The van der Waals surface area contributed by atoms with Crippen molar-refractivity contribution in [2.45, 2.75) is 53.8 Å². The molecule has 128 valence electrons. The van der Waals surface area contributed by atoms with Gasteiger partial charge in [0.05, 0.1) is 12.2 Å². The van der Waals surface area contributed by atoms with Gasteiger partial charge in [-0.05, 0) is 47.1 Å². The standard InChI is InChI=1S/C11H16O.C6H16O3Si/c1-11(2,3)12-9-10-7-5-4-6-8-10;1-4-7-10(8-5-2)9-6-3/h4-8H,9H2,1-3H3;10H,4-6H2,1-3H3. The number of rotatable bonds is 8. The van der Waals surface area contributed by atoms with Gasteiger partial charge in [-0.3, -0.25) is 0 Å². The number of ether oxygens (including phenoxy) is 1. The van der Waals surface area contributed by atoms with Crippen molar-refractivity contribution in [3.63, 3.8) is 0 Å². The van der Waals surface area contributed by atoms with Crippen LogP contribution in [0.5, 0.6) is 0 Å². The van der Waals surface area contributed by atoms with Crippen molar-refractivity contribution in [3.8, 4) is 0 Å². The highest BCUT2D eigenvalue weighted by Crippen LogP contribution is 2.10. The molecule has 0 aliphatic rings. The molecule has 0 saturated heterocycles. The minimum atomic E-state index is -1.73. The summed E-state index contributed by atoms with van der Waals surface area (Å²) in [6, 6.07) is 10.2. The lowest BCUT2D eigenvalue weighted by atomic mass is 10.2. The topological polar surface area (TPSA) is 36.9 Å². The Morgan fingerprint density at radius 1 is 0.818 bits per heavy atom. The monoisotopic (exact) mass is 328 g/mol. The maximum Gasteiger partial charge on any atom is 0.484 e. The first-order chi connectivity index (χ1) is 10.4. The zero-order valence-corrected chi connectivity index (χ0v) is 16.1.